The quantitative estimate of drug-likeness (QED) is 0.645. The first-order chi connectivity index (χ1) is 4.52. The minimum absolute atomic E-state index is 0.00926. The topological polar surface area (TPSA) is 30.7 Å². The SMILES string of the molecule is CC(C)(C)n1nncc1Br. The van der Waals surface area contributed by atoms with Crippen LogP contribution in [0.3, 0.4) is 0 Å². The summed E-state index contributed by atoms with van der Waals surface area (Å²) in [7, 11) is 0. The molecule has 4 heteroatoms. The minimum Gasteiger partial charge on any atom is -0.233 e. The van der Waals surface area contributed by atoms with Crippen LogP contribution in [0.1, 0.15) is 20.8 Å². The molecule has 0 aliphatic rings. The number of rotatable bonds is 0. The average molecular weight is 204 g/mol. The Morgan fingerprint density at radius 3 is 2.30 bits per heavy atom. The second kappa shape index (κ2) is 2.34. The molecule has 0 N–H and O–H groups in total. The van der Waals surface area contributed by atoms with Crippen LogP contribution in [0.5, 0.6) is 0 Å². The summed E-state index contributed by atoms with van der Waals surface area (Å²) >= 11 is 3.34. The molecule has 56 valence electrons. The zero-order chi connectivity index (χ0) is 7.78. The van der Waals surface area contributed by atoms with E-state index >= 15 is 0 Å². The van der Waals surface area contributed by atoms with Gasteiger partial charge in [0.05, 0.1) is 11.7 Å². The van der Waals surface area contributed by atoms with Crippen LogP contribution in [0.25, 0.3) is 0 Å². The molecule has 3 nitrogen and oxygen atoms in total. The normalized spacial score (nSPS) is 12.0. The van der Waals surface area contributed by atoms with Crippen molar-refractivity contribution in [2.75, 3.05) is 0 Å². The highest BCUT2D eigenvalue weighted by Gasteiger charge is 2.16. The molecule has 0 fully saturated rings. The van der Waals surface area contributed by atoms with Crippen molar-refractivity contribution >= 4 is 15.9 Å². The third-order valence-electron chi connectivity index (χ3n) is 1.14. The monoisotopic (exact) mass is 203 g/mol. The Kier molecular flexibility index (Phi) is 1.81. The van der Waals surface area contributed by atoms with Crippen LogP contribution in [0.15, 0.2) is 10.8 Å². The van der Waals surface area contributed by atoms with E-state index in [0.29, 0.717) is 0 Å². The highest BCUT2D eigenvalue weighted by molar-refractivity contribution is 9.10. The molecule has 1 rings (SSSR count). The van der Waals surface area contributed by atoms with Crippen molar-refractivity contribution in [3.05, 3.63) is 10.8 Å². The lowest BCUT2D eigenvalue weighted by Gasteiger charge is -2.18. The maximum Gasteiger partial charge on any atom is 0.124 e. The van der Waals surface area contributed by atoms with E-state index in [-0.39, 0.29) is 5.54 Å². The second-order valence-corrected chi connectivity index (χ2v) is 3.95. The van der Waals surface area contributed by atoms with Gasteiger partial charge in [0.1, 0.15) is 4.60 Å². The molecule has 0 aliphatic heterocycles. The Morgan fingerprint density at radius 1 is 1.50 bits per heavy atom. The van der Waals surface area contributed by atoms with Gasteiger partial charge in [-0.15, -0.1) is 5.10 Å². The smallest absolute Gasteiger partial charge is 0.124 e. The Balaban J connectivity index is 3.05. The molecule has 0 spiro atoms. The maximum absolute atomic E-state index is 3.91. The molecular formula is C6H10BrN3. The Bertz CT molecular complexity index is 223. The summed E-state index contributed by atoms with van der Waals surface area (Å²) < 4.78 is 2.74. The van der Waals surface area contributed by atoms with Crippen LogP contribution in [-0.4, -0.2) is 15.0 Å². The molecule has 1 aromatic heterocycles. The maximum atomic E-state index is 3.91. The Labute approximate surface area is 68.6 Å². The number of hydrogen-bond donors (Lipinski definition) is 0. The predicted octanol–water partition coefficient (Wildman–Crippen LogP) is 1.80. The van der Waals surface area contributed by atoms with Crippen molar-refractivity contribution < 1.29 is 0 Å². The van der Waals surface area contributed by atoms with Crippen molar-refractivity contribution in [2.24, 2.45) is 0 Å². The van der Waals surface area contributed by atoms with E-state index in [9.17, 15) is 0 Å². The van der Waals surface area contributed by atoms with Crippen LogP contribution in [-0.2, 0) is 5.54 Å². The largest absolute Gasteiger partial charge is 0.233 e. The van der Waals surface area contributed by atoms with Gasteiger partial charge in [-0.05, 0) is 36.7 Å². The number of hydrogen-bond acceptors (Lipinski definition) is 2. The van der Waals surface area contributed by atoms with Gasteiger partial charge in [-0.2, -0.15) is 0 Å². The predicted molar refractivity (Wildman–Crippen MR) is 42.7 cm³/mol. The highest BCUT2D eigenvalue weighted by Crippen LogP contribution is 2.17. The fourth-order valence-electron chi connectivity index (χ4n) is 0.677. The summed E-state index contributed by atoms with van der Waals surface area (Å²) in [6, 6.07) is 0. The van der Waals surface area contributed by atoms with Crippen molar-refractivity contribution in [3.63, 3.8) is 0 Å². The van der Waals surface area contributed by atoms with E-state index in [0.717, 1.165) is 4.60 Å². The first-order valence-electron chi connectivity index (χ1n) is 3.08. The van der Waals surface area contributed by atoms with Gasteiger partial charge in [-0.25, -0.2) is 4.68 Å². The molecule has 0 saturated heterocycles. The van der Waals surface area contributed by atoms with Crippen molar-refractivity contribution in [3.8, 4) is 0 Å². The van der Waals surface area contributed by atoms with Gasteiger partial charge in [-0.1, -0.05) is 5.21 Å². The van der Waals surface area contributed by atoms with Crippen LogP contribution in [0.4, 0.5) is 0 Å². The number of aromatic nitrogens is 3. The molecular weight excluding hydrogens is 194 g/mol. The molecule has 0 atom stereocenters. The van der Waals surface area contributed by atoms with Gasteiger partial charge in [0, 0.05) is 0 Å². The van der Waals surface area contributed by atoms with Gasteiger partial charge in [0.25, 0.3) is 0 Å². The molecule has 0 amide bonds. The minimum atomic E-state index is 0.00926. The molecule has 0 saturated carbocycles. The molecule has 1 aromatic rings. The lowest BCUT2D eigenvalue weighted by molar-refractivity contribution is 0.340. The fraction of sp³-hybridized carbons (Fsp3) is 0.667. The summed E-state index contributed by atoms with van der Waals surface area (Å²) in [5.41, 5.74) is 0.00926. The fourth-order valence-corrected chi connectivity index (χ4v) is 1.37. The highest BCUT2D eigenvalue weighted by atomic mass is 79.9. The van der Waals surface area contributed by atoms with Crippen molar-refractivity contribution in [1.29, 1.82) is 0 Å². The van der Waals surface area contributed by atoms with Crippen LogP contribution >= 0.6 is 15.9 Å². The Hall–Kier alpha value is -0.380. The second-order valence-electron chi connectivity index (χ2n) is 3.14. The van der Waals surface area contributed by atoms with Gasteiger partial charge in [0.2, 0.25) is 0 Å². The standard InChI is InChI=1S/C6H10BrN3/c1-6(2,3)10-5(7)4-8-9-10/h4H,1-3H3. The zero-order valence-electron chi connectivity index (χ0n) is 6.30. The number of halogens is 1. The van der Waals surface area contributed by atoms with E-state index in [2.05, 4.69) is 47.0 Å². The summed E-state index contributed by atoms with van der Waals surface area (Å²) in [5.74, 6) is 0. The molecule has 10 heavy (non-hydrogen) atoms. The molecule has 0 unspecified atom stereocenters. The average Bonchev–Trinajstić information content (AvgIpc) is 2.11. The zero-order valence-corrected chi connectivity index (χ0v) is 7.88. The summed E-state index contributed by atoms with van der Waals surface area (Å²) in [6.07, 6.45) is 1.69. The van der Waals surface area contributed by atoms with Gasteiger partial charge in [0.15, 0.2) is 0 Å². The molecule has 0 radical (unpaired) electrons. The first kappa shape index (κ1) is 7.72. The van der Waals surface area contributed by atoms with E-state index in [1.165, 1.54) is 0 Å². The van der Waals surface area contributed by atoms with Crippen LogP contribution in [0, 0.1) is 0 Å². The van der Waals surface area contributed by atoms with E-state index in [4.69, 9.17) is 0 Å². The van der Waals surface area contributed by atoms with Gasteiger partial charge >= 0.3 is 0 Å². The number of nitrogens with zero attached hydrogens (tertiary/aromatic N) is 3. The molecule has 1 heterocycles. The van der Waals surface area contributed by atoms with Crippen molar-refractivity contribution in [1.82, 2.24) is 15.0 Å². The molecule has 0 aliphatic carbocycles. The van der Waals surface area contributed by atoms with E-state index < -0.39 is 0 Å². The molecule has 0 bridgehead atoms. The van der Waals surface area contributed by atoms with Crippen LogP contribution < -0.4 is 0 Å². The summed E-state index contributed by atoms with van der Waals surface area (Å²) in [5, 5.41) is 7.66. The van der Waals surface area contributed by atoms with Gasteiger partial charge in [-0.3, -0.25) is 0 Å². The third kappa shape index (κ3) is 1.37. The third-order valence-corrected chi connectivity index (χ3v) is 1.68. The van der Waals surface area contributed by atoms with Crippen LogP contribution in [0.2, 0.25) is 0 Å². The first-order valence-corrected chi connectivity index (χ1v) is 3.88. The Morgan fingerprint density at radius 2 is 2.10 bits per heavy atom. The summed E-state index contributed by atoms with van der Waals surface area (Å²) in [6.45, 7) is 6.23. The lowest BCUT2D eigenvalue weighted by Crippen LogP contribution is -2.23. The lowest BCUT2D eigenvalue weighted by atomic mass is 10.1. The van der Waals surface area contributed by atoms with E-state index in [1.807, 2.05) is 4.68 Å². The van der Waals surface area contributed by atoms with Gasteiger partial charge < -0.3 is 0 Å². The van der Waals surface area contributed by atoms with E-state index in [1.54, 1.807) is 6.20 Å². The van der Waals surface area contributed by atoms with Crippen molar-refractivity contribution in [2.45, 2.75) is 26.3 Å². The summed E-state index contributed by atoms with van der Waals surface area (Å²) in [4.78, 5) is 0. The molecule has 0 aromatic carbocycles.